The van der Waals surface area contributed by atoms with E-state index in [0.29, 0.717) is 22.5 Å². The van der Waals surface area contributed by atoms with E-state index >= 15 is 13.2 Å². The summed E-state index contributed by atoms with van der Waals surface area (Å²) in [4.78, 5) is 0. The second-order valence-corrected chi connectivity index (χ2v) is 15.0. The molecule has 6 heteroatoms. The maximum atomic E-state index is 15.2. The number of hydrogen-bond donors (Lipinski definition) is 0. The van der Waals surface area contributed by atoms with E-state index < -0.39 is 11.7 Å². The number of benzene rings is 8. The van der Waals surface area contributed by atoms with Crippen LogP contribution in [0.4, 0.5) is 13.2 Å². The molecule has 0 saturated carbocycles. The summed E-state index contributed by atoms with van der Waals surface area (Å²) in [6, 6.07) is 56.7. The van der Waals surface area contributed by atoms with Crippen LogP contribution in [0.15, 0.2) is 170 Å². The summed E-state index contributed by atoms with van der Waals surface area (Å²) in [7, 11) is 0. The highest BCUT2D eigenvalue weighted by atomic mass is 19.4. The summed E-state index contributed by atoms with van der Waals surface area (Å²) in [6.45, 7) is 4.13. The molecule has 2 heterocycles. The van der Waals surface area contributed by atoms with Crippen molar-refractivity contribution in [3.63, 3.8) is 0 Å². The van der Waals surface area contributed by atoms with Crippen LogP contribution in [0.2, 0.25) is 0 Å². The summed E-state index contributed by atoms with van der Waals surface area (Å²) in [6.07, 6.45) is -4.66. The monoisotopic (exact) mass is 757 g/mol. The number of nitriles is 1. The first-order valence-electron chi connectivity index (χ1n) is 19.1. The first kappa shape index (κ1) is 35.1. The van der Waals surface area contributed by atoms with Gasteiger partial charge >= 0.3 is 6.18 Å². The Morgan fingerprint density at radius 2 is 0.897 bits per heavy atom. The maximum Gasteiger partial charge on any atom is 0.417 e. The second kappa shape index (κ2) is 13.4. The topological polar surface area (TPSA) is 33.6 Å². The van der Waals surface area contributed by atoms with E-state index in [0.717, 1.165) is 83.1 Å². The summed E-state index contributed by atoms with van der Waals surface area (Å²) < 4.78 is 49.8. The third-order valence-electron chi connectivity index (χ3n) is 11.3. The lowest BCUT2D eigenvalue weighted by molar-refractivity contribution is -0.137. The molecule has 2 aromatic heterocycles. The summed E-state index contributed by atoms with van der Waals surface area (Å²) >= 11 is 0. The van der Waals surface area contributed by atoms with Crippen molar-refractivity contribution >= 4 is 43.6 Å². The molecule has 0 aliphatic carbocycles. The van der Waals surface area contributed by atoms with Crippen LogP contribution in [0.1, 0.15) is 22.3 Å². The van der Waals surface area contributed by atoms with Gasteiger partial charge in [0.15, 0.2) is 0 Å². The number of alkyl halides is 3. The molecule has 0 saturated heterocycles. The predicted octanol–water partition coefficient (Wildman–Crippen LogP) is 14.4. The molecule has 58 heavy (non-hydrogen) atoms. The minimum absolute atomic E-state index is 0.0223. The van der Waals surface area contributed by atoms with Gasteiger partial charge in [0.05, 0.1) is 50.6 Å². The molecule has 0 fully saturated rings. The van der Waals surface area contributed by atoms with Gasteiger partial charge < -0.3 is 9.13 Å². The number of nitrogens with zero attached hydrogens (tertiary/aromatic N) is 3. The van der Waals surface area contributed by atoms with Gasteiger partial charge in [-0.1, -0.05) is 126 Å². The molecule has 0 radical (unpaired) electrons. The number of rotatable bonds is 5. The second-order valence-electron chi connectivity index (χ2n) is 15.0. The third-order valence-corrected chi connectivity index (χ3v) is 11.3. The average molecular weight is 758 g/mol. The van der Waals surface area contributed by atoms with Crippen LogP contribution in [0.25, 0.3) is 88.4 Å². The quantitative estimate of drug-likeness (QED) is 0.172. The van der Waals surface area contributed by atoms with Gasteiger partial charge in [0, 0.05) is 27.1 Å². The van der Waals surface area contributed by atoms with Crippen molar-refractivity contribution in [2.75, 3.05) is 0 Å². The molecule has 0 aliphatic rings. The minimum Gasteiger partial charge on any atom is -0.308 e. The molecule has 0 aliphatic heterocycles. The fourth-order valence-electron chi connectivity index (χ4n) is 8.73. The Kier molecular flexibility index (Phi) is 8.10. The summed E-state index contributed by atoms with van der Waals surface area (Å²) in [5.41, 5.74) is 10.7. The lowest BCUT2D eigenvalue weighted by atomic mass is 9.94. The third kappa shape index (κ3) is 5.66. The van der Waals surface area contributed by atoms with Crippen molar-refractivity contribution in [1.29, 1.82) is 5.26 Å². The van der Waals surface area contributed by atoms with E-state index in [2.05, 4.69) is 80.6 Å². The fraction of sp³-hybridized carbons (Fsp3) is 0.0577. The van der Waals surface area contributed by atoms with Crippen molar-refractivity contribution in [1.82, 2.24) is 9.13 Å². The number of para-hydroxylation sites is 2. The largest absolute Gasteiger partial charge is 0.417 e. The van der Waals surface area contributed by atoms with Gasteiger partial charge in [-0.05, 0) is 96.3 Å². The van der Waals surface area contributed by atoms with Crippen LogP contribution in [-0.2, 0) is 6.18 Å². The number of halogens is 3. The van der Waals surface area contributed by atoms with Crippen LogP contribution in [0.5, 0.6) is 0 Å². The van der Waals surface area contributed by atoms with Gasteiger partial charge in [-0.3, -0.25) is 0 Å². The number of hydrogen-bond acceptors (Lipinski definition) is 1. The van der Waals surface area contributed by atoms with Crippen molar-refractivity contribution in [3.8, 4) is 50.8 Å². The van der Waals surface area contributed by atoms with Gasteiger partial charge in [0.2, 0.25) is 0 Å². The summed E-state index contributed by atoms with van der Waals surface area (Å²) in [5.74, 6) is 0. The Hall–Kier alpha value is -7.36. The Morgan fingerprint density at radius 1 is 0.448 bits per heavy atom. The highest BCUT2D eigenvalue weighted by Crippen LogP contribution is 2.47. The molecule has 8 aromatic carbocycles. The van der Waals surface area contributed by atoms with E-state index in [1.54, 1.807) is 24.3 Å². The lowest BCUT2D eigenvalue weighted by Crippen LogP contribution is -2.10. The fourth-order valence-corrected chi connectivity index (χ4v) is 8.73. The molecular weight excluding hydrogens is 724 g/mol. The van der Waals surface area contributed by atoms with E-state index in [1.807, 2.05) is 81.9 Å². The van der Waals surface area contributed by atoms with Gasteiger partial charge in [0.25, 0.3) is 0 Å². The first-order chi connectivity index (χ1) is 28.2. The minimum atomic E-state index is -4.66. The number of aryl methyl sites for hydroxylation is 2. The molecular formula is C52H34F3N3. The smallest absolute Gasteiger partial charge is 0.308 e. The number of fused-ring (bicyclic) bond motifs is 6. The SMILES string of the molecule is Cc1cccc(-c2ccc3c(c2)c2ccccc2n3-c2cc(C#N)cc(-n3c4ccccc4c4cc(-c5cccc(C)c5)ccc43)c2-c2ccccc2C(F)(F)F)c1. The van der Waals surface area contributed by atoms with Crippen LogP contribution < -0.4 is 0 Å². The zero-order chi connectivity index (χ0) is 39.7. The molecule has 0 spiro atoms. The van der Waals surface area contributed by atoms with Crippen LogP contribution >= 0.6 is 0 Å². The van der Waals surface area contributed by atoms with Crippen LogP contribution in [-0.4, -0.2) is 9.13 Å². The zero-order valence-corrected chi connectivity index (χ0v) is 31.6. The Labute approximate surface area is 333 Å². The highest BCUT2D eigenvalue weighted by Gasteiger charge is 2.35. The van der Waals surface area contributed by atoms with Crippen molar-refractivity contribution in [2.45, 2.75) is 20.0 Å². The normalized spacial score (nSPS) is 11.9. The zero-order valence-electron chi connectivity index (χ0n) is 31.6. The molecule has 0 amide bonds. The van der Waals surface area contributed by atoms with Crippen LogP contribution in [0.3, 0.4) is 0 Å². The van der Waals surface area contributed by atoms with Crippen LogP contribution in [0, 0.1) is 25.2 Å². The van der Waals surface area contributed by atoms with Gasteiger partial charge in [-0.15, -0.1) is 0 Å². The molecule has 0 bridgehead atoms. The lowest BCUT2D eigenvalue weighted by Gasteiger charge is -2.23. The maximum absolute atomic E-state index is 15.2. The van der Waals surface area contributed by atoms with Gasteiger partial charge in [-0.25, -0.2) is 0 Å². The van der Waals surface area contributed by atoms with Gasteiger partial charge in [-0.2, -0.15) is 18.4 Å². The molecule has 0 unspecified atom stereocenters. The molecule has 278 valence electrons. The first-order valence-corrected chi connectivity index (χ1v) is 19.1. The molecule has 3 nitrogen and oxygen atoms in total. The predicted molar refractivity (Wildman–Crippen MR) is 231 cm³/mol. The number of aromatic nitrogens is 2. The highest BCUT2D eigenvalue weighted by molar-refractivity contribution is 6.13. The van der Waals surface area contributed by atoms with Crippen molar-refractivity contribution < 1.29 is 13.2 Å². The van der Waals surface area contributed by atoms with E-state index in [4.69, 9.17) is 0 Å². The van der Waals surface area contributed by atoms with Crippen molar-refractivity contribution in [2.24, 2.45) is 0 Å². The Morgan fingerprint density at radius 3 is 1.38 bits per heavy atom. The molecule has 10 rings (SSSR count). The summed E-state index contributed by atoms with van der Waals surface area (Å²) in [5, 5.41) is 14.5. The Balaban J connectivity index is 1.35. The standard InChI is InChI=1S/C52H34F3N3/c1-32-11-9-13-35(25-32)37-21-23-47-42(29-37)39-15-4-7-19-45(39)57(47)49-27-34(31-56)28-50(51(49)41-17-3-6-18-44(41)52(53,54)55)58-46-20-8-5-16-40(46)43-30-38(22-24-48(43)58)36-14-10-12-33(2)26-36/h3-30H,1-2H3. The van der Waals surface area contributed by atoms with E-state index in [1.165, 1.54) is 6.07 Å². The molecule has 0 atom stereocenters. The van der Waals surface area contributed by atoms with Crippen molar-refractivity contribution in [3.05, 3.63) is 192 Å². The van der Waals surface area contributed by atoms with E-state index in [9.17, 15) is 5.26 Å². The van der Waals surface area contributed by atoms with Gasteiger partial charge in [0.1, 0.15) is 0 Å². The average Bonchev–Trinajstić information content (AvgIpc) is 3.75. The molecule has 10 aromatic rings. The Bertz CT molecular complexity index is 3140. The van der Waals surface area contributed by atoms with E-state index in [-0.39, 0.29) is 5.56 Å². The molecule has 0 N–H and O–H groups in total.